The largest absolute Gasteiger partial charge is 0.381 e. The van der Waals surface area contributed by atoms with Gasteiger partial charge in [0.1, 0.15) is 5.15 Å². The molecule has 0 aliphatic carbocycles. The predicted octanol–water partition coefficient (Wildman–Crippen LogP) is 6.15. The Labute approximate surface area is 222 Å². The summed E-state index contributed by atoms with van der Waals surface area (Å²) in [6.07, 6.45) is 1.72. The summed E-state index contributed by atoms with van der Waals surface area (Å²) < 4.78 is 5.48. The topological polar surface area (TPSA) is 70.2 Å². The van der Waals surface area contributed by atoms with E-state index >= 15 is 0 Å². The van der Waals surface area contributed by atoms with Crippen LogP contribution < -0.4 is 15.8 Å². The number of aromatic nitrogens is 2. The third-order valence-corrected chi connectivity index (χ3v) is 8.94. The number of rotatable bonds is 5. The van der Waals surface area contributed by atoms with Crippen molar-refractivity contribution in [3.63, 3.8) is 0 Å². The minimum absolute atomic E-state index is 0.0911. The summed E-state index contributed by atoms with van der Waals surface area (Å²) in [6.45, 7) is 3.61. The molecule has 2 aliphatic rings. The zero-order chi connectivity index (χ0) is 24.5. The van der Waals surface area contributed by atoms with Gasteiger partial charge in [-0.1, -0.05) is 47.3 Å². The predicted molar refractivity (Wildman–Crippen MR) is 147 cm³/mol. The second-order valence-electron chi connectivity index (χ2n) is 8.55. The number of pyridine rings is 2. The first-order chi connectivity index (χ1) is 17.6. The van der Waals surface area contributed by atoms with Crippen molar-refractivity contribution in [2.45, 2.75) is 26.1 Å². The van der Waals surface area contributed by atoms with Crippen molar-refractivity contribution < 1.29 is 4.74 Å². The van der Waals surface area contributed by atoms with E-state index in [9.17, 15) is 4.79 Å². The van der Waals surface area contributed by atoms with Crippen molar-refractivity contribution in [3.8, 4) is 11.3 Å². The quantitative estimate of drug-likeness (QED) is 0.262. The Balaban J connectivity index is 1.26. The fraction of sp³-hybridized carbons (Fsp3) is 0.185. The molecule has 0 unspecified atom stereocenters. The number of aromatic amines is 1. The normalized spacial score (nSPS) is 14.8. The Morgan fingerprint density at radius 1 is 1.00 bits per heavy atom. The maximum atomic E-state index is 12.6. The fourth-order valence-corrected chi connectivity index (χ4v) is 6.97. The van der Waals surface area contributed by atoms with Crippen LogP contribution in [-0.4, -0.2) is 36.3 Å². The van der Waals surface area contributed by atoms with Crippen LogP contribution in [0.25, 0.3) is 11.3 Å². The van der Waals surface area contributed by atoms with Crippen LogP contribution in [0, 0.1) is 0 Å². The van der Waals surface area contributed by atoms with Gasteiger partial charge in [-0.3, -0.25) is 4.79 Å². The van der Waals surface area contributed by atoms with Gasteiger partial charge in [-0.2, -0.15) is 0 Å². The summed E-state index contributed by atoms with van der Waals surface area (Å²) in [5, 5.41) is 3.98. The molecular formula is C27H23ClN4O2S2. The molecule has 0 atom stereocenters. The molecule has 0 radical (unpaired) electrons. The summed E-state index contributed by atoms with van der Waals surface area (Å²) in [5.74, 6) is 0. The van der Waals surface area contributed by atoms with Crippen LogP contribution in [0.5, 0.6) is 0 Å². The zero-order valence-corrected chi connectivity index (χ0v) is 21.7. The second kappa shape index (κ2) is 10.2. The SMILES string of the molecule is O=c1cc(N2CCOCC2)cc(-c2cccc3c2Sc2ccc(NCc4ccnc(Cl)c4)cc2S3)[nH]1. The first-order valence-corrected chi connectivity index (χ1v) is 13.7. The van der Waals surface area contributed by atoms with Crippen LogP contribution in [0.3, 0.4) is 0 Å². The fourth-order valence-electron chi connectivity index (χ4n) is 4.36. The van der Waals surface area contributed by atoms with Gasteiger partial charge in [-0.15, -0.1) is 0 Å². The Hall–Kier alpha value is -2.91. The lowest BCUT2D eigenvalue weighted by molar-refractivity contribution is 0.122. The molecule has 0 amide bonds. The third kappa shape index (κ3) is 4.99. The molecule has 0 saturated carbocycles. The summed E-state index contributed by atoms with van der Waals surface area (Å²) in [5.41, 5.74) is 4.86. The van der Waals surface area contributed by atoms with E-state index in [0.717, 1.165) is 46.2 Å². The van der Waals surface area contributed by atoms with Crippen molar-refractivity contribution in [1.82, 2.24) is 9.97 Å². The summed E-state index contributed by atoms with van der Waals surface area (Å²) >= 11 is 9.51. The zero-order valence-electron chi connectivity index (χ0n) is 19.3. The van der Waals surface area contributed by atoms with Gasteiger partial charge in [0.2, 0.25) is 5.56 Å². The monoisotopic (exact) mass is 534 g/mol. The summed E-state index contributed by atoms with van der Waals surface area (Å²) in [4.78, 5) is 26.6. The molecule has 9 heteroatoms. The number of benzene rings is 2. The maximum absolute atomic E-state index is 12.6. The Morgan fingerprint density at radius 2 is 1.89 bits per heavy atom. The lowest BCUT2D eigenvalue weighted by Crippen LogP contribution is -2.36. The number of hydrogen-bond donors (Lipinski definition) is 2. The molecule has 2 aromatic heterocycles. The first-order valence-electron chi connectivity index (χ1n) is 11.7. The van der Waals surface area contributed by atoms with Gasteiger partial charge in [0.05, 0.1) is 18.9 Å². The number of nitrogens with one attached hydrogen (secondary N) is 2. The Morgan fingerprint density at radius 3 is 2.75 bits per heavy atom. The van der Waals surface area contributed by atoms with Crippen LogP contribution in [0.2, 0.25) is 5.15 Å². The molecule has 0 spiro atoms. The van der Waals surface area contributed by atoms with Crippen molar-refractivity contribution in [1.29, 1.82) is 0 Å². The van der Waals surface area contributed by atoms with Gasteiger partial charge in [0.25, 0.3) is 0 Å². The van der Waals surface area contributed by atoms with Crippen LogP contribution >= 0.6 is 35.1 Å². The van der Waals surface area contributed by atoms with E-state index < -0.39 is 0 Å². The number of anilines is 2. The van der Waals surface area contributed by atoms with Gasteiger partial charge < -0.3 is 19.9 Å². The molecule has 1 fully saturated rings. The molecular weight excluding hydrogens is 512 g/mol. The molecule has 6 nitrogen and oxygen atoms in total. The lowest BCUT2D eigenvalue weighted by atomic mass is 10.1. The number of halogens is 1. The van der Waals surface area contributed by atoms with E-state index in [4.69, 9.17) is 16.3 Å². The molecule has 2 N–H and O–H groups in total. The highest BCUT2D eigenvalue weighted by atomic mass is 35.5. The average molecular weight is 535 g/mol. The summed E-state index contributed by atoms with van der Waals surface area (Å²) in [7, 11) is 0. The first kappa shape index (κ1) is 23.5. The number of H-pyrrole nitrogens is 1. The average Bonchev–Trinajstić information content (AvgIpc) is 2.90. The minimum Gasteiger partial charge on any atom is -0.381 e. The van der Waals surface area contributed by atoms with E-state index in [-0.39, 0.29) is 5.56 Å². The number of hydrogen-bond acceptors (Lipinski definition) is 7. The maximum Gasteiger partial charge on any atom is 0.250 e. The second-order valence-corrected chi connectivity index (χ2v) is 11.1. The van der Waals surface area contributed by atoms with Crippen molar-refractivity contribution in [2.75, 3.05) is 36.5 Å². The van der Waals surface area contributed by atoms with E-state index in [0.29, 0.717) is 24.9 Å². The highest BCUT2D eigenvalue weighted by Crippen LogP contribution is 2.52. The lowest BCUT2D eigenvalue weighted by Gasteiger charge is -2.29. The van der Waals surface area contributed by atoms with Gasteiger partial charge >= 0.3 is 0 Å². The molecule has 4 heterocycles. The third-order valence-electron chi connectivity index (χ3n) is 6.14. The van der Waals surface area contributed by atoms with Crippen LogP contribution in [0.15, 0.2) is 91.2 Å². The highest BCUT2D eigenvalue weighted by molar-refractivity contribution is 8.05. The van der Waals surface area contributed by atoms with Crippen LogP contribution in [-0.2, 0) is 11.3 Å². The Bertz CT molecular complexity index is 1490. The smallest absolute Gasteiger partial charge is 0.250 e. The van der Waals surface area contributed by atoms with E-state index in [1.54, 1.807) is 35.8 Å². The molecule has 6 rings (SSSR count). The Kier molecular flexibility index (Phi) is 6.67. The molecule has 2 aliphatic heterocycles. The van der Waals surface area contributed by atoms with Crippen molar-refractivity contribution >= 4 is 46.5 Å². The van der Waals surface area contributed by atoms with Gasteiger partial charge in [-0.25, -0.2) is 4.98 Å². The van der Waals surface area contributed by atoms with Crippen LogP contribution in [0.4, 0.5) is 11.4 Å². The highest BCUT2D eigenvalue weighted by Gasteiger charge is 2.22. The molecule has 36 heavy (non-hydrogen) atoms. The summed E-state index contributed by atoms with van der Waals surface area (Å²) in [6, 6.07) is 20.3. The standard InChI is InChI=1S/C27H23ClN4O2S2/c28-25-12-17(6-7-29-25)16-30-18-4-5-22-24(13-18)35-23-3-1-2-20(27(23)36-22)21-14-19(15-26(33)31-21)32-8-10-34-11-9-32/h1-7,12-15,30H,8-11,16H2,(H,31,33). The molecule has 0 bridgehead atoms. The molecule has 182 valence electrons. The van der Waals surface area contributed by atoms with E-state index in [2.05, 4.69) is 62.6 Å². The minimum atomic E-state index is -0.0911. The van der Waals surface area contributed by atoms with Crippen LogP contribution in [0.1, 0.15) is 5.56 Å². The van der Waals surface area contributed by atoms with Gasteiger partial charge in [0.15, 0.2) is 0 Å². The van der Waals surface area contributed by atoms with Crippen molar-refractivity contribution in [2.24, 2.45) is 0 Å². The molecule has 4 aromatic rings. The van der Waals surface area contributed by atoms with E-state index in [1.807, 2.05) is 12.1 Å². The molecule has 2 aromatic carbocycles. The van der Waals surface area contributed by atoms with Gasteiger partial charge in [0, 0.05) is 68.4 Å². The molecule has 1 saturated heterocycles. The number of fused-ring (bicyclic) bond motifs is 2. The van der Waals surface area contributed by atoms with E-state index in [1.165, 1.54) is 14.7 Å². The number of nitrogens with zero attached hydrogens (tertiary/aromatic N) is 2. The van der Waals surface area contributed by atoms with Crippen molar-refractivity contribution in [3.05, 3.63) is 87.9 Å². The number of ether oxygens (including phenoxy) is 1. The van der Waals surface area contributed by atoms with Gasteiger partial charge in [-0.05, 0) is 48.0 Å². The number of morpholine rings is 1.